The van der Waals surface area contributed by atoms with Crippen molar-refractivity contribution in [1.29, 1.82) is 0 Å². The van der Waals surface area contributed by atoms with Crippen LogP contribution in [0.4, 0.5) is 4.79 Å². The number of rotatable bonds is 5. The number of carbonyl (C=O) groups excluding carboxylic acids is 3. The second-order valence-electron chi connectivity index (χ2n) is 6.26. The number of nitrogens with one attached hydrogen (secondary N) is 1. The third-order valence-electron chi connectivity index (χ3n) is 3.08. The van der Waals surface area contributed by atoms with E-state index in [4.69, 9.17) is 9.47 Å². The van der Waals surface area contributed by atoms with Gasteiger partial charge in [-0.15, -0.1) is 0 Å². The van der Waals surface area contributed by atoms with Gasteiger partial charge in [0.2, 0.25) is 5.91 Å². The molecule has 1 fully saturated rings. The average molecular weight is 314 g/mol. The van der Waals surface area contributed by atoms with Crippen molar-refractivity contribution in [3.63, 3.8) is 0 Å². The van der Waals surface area contributed by atoms with Crippen LogP contribution in [0.1, 0.15) is 47.0 Å². The van der Waals surface area contributed by atoms with Crippen LogP contribution >= 0.6 is 0 Å². The predicted molar refractivity (Wildman–Crippen MR) is 80.2 cm³/mol. The Hall–Kier alpha value is -1.79. The molecule has 22 heavy (non-hydrogen) atoms. The summed E-state index contributed by atoms with van der Waals surface area (Å²) in [5.41, 5.74) is -0.656. The van der Waals surface area contributed by atoms with Gasteiger partial charge in [-0.1, -0.05) is 13.3 Å². The fourth-order valence-electron chi connectivity index (χ4n) is 2.00. The van der Waals surface area contributed by atoms with Gasteiger partial charge in [-0.3, -0.25) is 14.5 Å². The molecule has 7 nitrogen and oxygen atoms in total. The van der Waals surface area contributed by atoms with Gasteiger partial charge in [-0.05, 0) is 27.2 Å². The molecule has 1 atom stereocenters. The molecule has 1 aliphatic rings. The summed E-state index contributed by atoms with van der Waals surface area (Å²) in [6, 6.07) is -0.877. The van der Waals surface area contributed by atoms with Gasteiger partial charge in [0.25, 0.3) is 0 Å². The Labute approximate surface area is 131 Å². The van der Waals surface area contributed by atoms with Crippen LogP contribution in [-0.2, 0) is 19.1 Å². The Balaban J connectivity index is 2.67. The van der Waals surface area contributed by atoms with E-state index in [9.17, 15) is 14.4 Å². The normalized spacial score (nSPS) is 18.6. The van der Waals surface area contributed by atoms with Gasteiger partial charge >= 0.3 is 12.1 Å². The highest BCUT2D eigenvalue weighted by Crippen LogP contribution is 2.16. The minimum Gasteiger partial charge on any atom is -0.466 e. The molecule has 0 aromatic rings. The Bertz CT molecular complexity index is 417. The first kappa shape index (κ1) is 18.3. The molecule has 1 aliphatic heterocycles. The number of hydrogen-bond acceptors (Lipinski definition) is 5. The lowest BCUT2D eigenvalue weighted by Crippen LogP contribution is -2.58. The van der Waals surface area contributed by atoms with Crippen LogP contribution in [-0.4, -0.2) is 54.2 Å². The van der Waals surface area contributed by atoms with Crippen LogP contribution in [0, 0.1) is 0 Å². The first-order chi connectivity index (χ1) is 10.2. The van der Waals surface area contributed by atoms with E-state index in [1.54, 1.807) is 20.8 Å². The first-order valence-electron chi connectivity index (χ1n) is 7.67. The molecule has 0 bridgehead atoms. The molecule has 0 radical (unpaired) electrons. The van der Waals surface area contributed by atoms with Crippen molar-refractivity contribution in [1.82, 2.24) is 10.2 Å². The van der Waals surface area contributed by atoms with Crippen molar-refractivity contribution in [2.75, 3.05) is 19.7 Å². The van der Waals surface area contributed by atoms with Gasteiger partial charge in [-0.25, -0.2) is 4.79 Å². The van der Waals surface area contributed by atoms with Crippen molar-refractivity contribution in [3.05, 3.63) is 0 Å². The zero-order chi connectivity index (χ0) is 16.8. The fourth-order valence-corrected chi connectivity index (χ4v) is 2.00. The van der Waals surface area contributed by atoms with Crippen LogP contribution in [0.3, 0.4) is 0 Å². The Morgan fingerprint density at radius 3 is 2.64 bits per heavy atom. The highest BCUT2D eigenvalue weighted by molar-refractivity contribution is 5.90. The molecule has 1 saturated heterocycles. The Morgan fingerprint density at radius 1 is 1.36 bits per heavy atom. The molecule has 7 heteroatoms. The summed E-state index contributed by atoms with van der Waals surface area (Å²) in [7, 11) is 0. The van der Waals surface area contributed by atoms with Gasteiger partial charge in [0.15, 0.2) is 0 Å². The number of carbonyl (C=O) groups is 3. The molecule has 1 rings (SSSR count). The quantitative estimate of drug-likeness (QED) is 0.613. The number of hydrogen-bond donors (Lipinski definition) is 1. The predicted octanol–water partition coefficient (Wildman–Crippen LogP) is 1.46. The number of esters is 1. The van der Waals surface area contributed by atoms with Crippen molar-refractivity contribution < 1.29 is 23.9 Å². The van der Waals surface area contributed by atoms with Crippen molar-refractivity contribution >= 4 is 18.0 Å². The number of ether oxygens (including phenoxy) is 2. The lowest BCUT2D eigenvalue weighted by Gasteiger charge is -2.35. The Kier molecular flexibility index (Phi) is 6.64. The fraction of sp³-hybridized carbons (Fsp3) is 0.800. The second kappa shape index (κ2) is 8.00. The number of unbranched alkanes of at least 4 members (excludes halogenated alkanes) is 1. The molecular weight excluding hydrogens is 288 g/mol. The van der Waals surface area contributed by atoms with Crippen molar-refractivity contribution in [2.24, 2.45) is 0 Å². The molecule has 1 N–H and O–H groups in total. The molecule has 0 spiro atoms. The van der Waals surface area contributed by atoms with Crippen molar-refractivity contribution in [2.45, 2.75) is 58.6 Å². The maximum Gasteiger partial charge on any atom is 0.411 e. The van der Waals surface area contributed by atoms with E-state index >= 15 is 0 Å². The van der Waals surface area contributed by atoms with E-state index in [2.05, 4.69) is 5.32 Å². The van der Waals surface area contributed by atoms with Gasteiger partial charge < -0.3 is 14.8 Å². The van der Waals surface area contributed by atoms with Crippen LogP contribution in [0.2, 0.25) is 0 Å². The summed E-state index contributed by atoms with van der Waals surface area (Å²) in [4.78, 5) is 37.3. The largest absolute Gasteiger partial charge is 0.466 e. The zero-order valence-corrected chi connectivity index (χ0v) is 13.8. The average Bonchev–Trinajstić information content (AvgIpc) is 2.39. The standard InChI is InChI=1S/C15H26N2O5/c1-5-6-9-21-12(18)10-11-13(19)16-7-8-17(11)14(20)22-15(2,3)4/h11H,5-10H2,1-4H3,(H,16,19)/t11-/m0/s1. The van der Waals surface area contributed by atoms with Crippen LogP contribution in [0.5, 0.6) is 0 Å². The van der Waals surface area contributed by atoms with Crippen LogP contribution < -0.4 is 5.32 Å². The molecule has 0 aromatic carbocycles. The molecular formula is C15H26N2O5. The summed E-state index contributed by atoms with van der Waals surface area (Å²) in [6.07, 6.45) is 0.947. The summed E-state index contributed by atoms with van der Waals surface area (Å²) >= 11 is 0. The molecule has 1 heterocycles. The van der Waals surface area contributed by atoms with E-state index in [1.807, 2.05) is 6.92 Å². The summed E-state index contributed by atoms with van der Waals surface area (Å²) < 4.78 is 10.4. The summed E-state index contributed by atoms with van der Waals surface area (Å²) in [5, 5.41) is 2.66. The topological polar surface area (TPSA) is 84.9 Å². The highest BCUT2D eigenvalue weighted by Gasteiger charge is 2.37. The molecule has 0 aliphatic carbocycles. The van der Waals surface area contributed by atoms with E-state index in [0.717, 1.165) is 12.8 Å². The lowest BCUT2D eigenvalue weighted by atomic mass is 10.1. The number of nitrogens with zero attached hydrogens (tertiary/aromatic N) is 1. The zero-order valence-electron chi connectivity index (χ0n) is 13.8. The Morgan fingerprint density at radius 2 is 2.05 bits per heavy atom. The molecule has 126 valence electrons. The van der Waals surface area contributed by atoms with Gasteiger partial charge in [0.05, 0.1) is 13.0 Å². The summed E-state index contributed by atoms with van der Waals surface area (Å²) in [6.45, 7) is 8.24. The van der Waals surface area contributed by atoms with Gasteiger partial charge in [0.1, 0.15) is 11.6 Å². The number of piperazine rings is 1. The molecule has 0 saturated carbocycles. The van der Waals surface area contributed by atoms with Crippen LogP contribution in [0.25, 0.3) is 0 Å². The monoisotopic (exact) mass is 314 g/mol. The third-order valence-corrected chi connectivity index (χ3v) is 3.08. The molecule has 0 unspecified atom stereocenters. The van der Waals surface area contributed by atoms with Crippen LogP contribution in [0.15, 0.2) is 0 Å². The minimum absolute atomic E-state index is 0.158. The number of amides is 2. The SMILES string of the molecule is CCCCOC(=O)C[C@H]1C(=O)NCCN1C(=O)OC(C)(C)C. The minimum atomic E-state index is -0.877. The third kappa shape index (κ3) is 5.91. The maximum atomic E-state index is 12.2. The smallest absolute Gasteiger partial charge is 0.411 e. The highest BCUT2D eigenvalue weighted by atomic mass is 16.6. The van der Waals surface area contributed by atoms with E-state index in [-0.39, 0.29) is 12.3 Å². The second-order valence-corrected chi connectivity index (χ2v) is 6.26. The summed E-state index contributed by atoms with van der Waals surface area (Å²) in [5.74, 6) is -0.839. The molecule has 0 aromatic heterocycles. The van der Waals surface area contributed by atoms with E-state index < -0.39 is 23.7 Å². The van der Waals surface area contributed by atoms with Crippen molar-refractivity contribution in [3.8, 4) is 0 Å². The van der Waals surface area contributed by atoms with E-state index in [1.165, 1.54) is 4.90 Å². The lowest BCUT2D eigenvalue weighted by molar-refractivity contribution is -0.148. The van der Waals surface area contributed by atoms with Gasteiger partial charge in [0, 0.05) is 13.1 Å². The molecule has 2 amide bonds. The van der Waals surface area contributed by atoms with E-state index in [0.29, 0.717) is 19.7 Å². The maximum absolute atomic E-state index is 12.2. The first-order valence-corrected chi connectivity index (χ1v) is 7.67. The van der Waals surface area contributed by atoms with Gasteiger partial charge in [-0.2, -0.15) is 0 Å².